The van der Waals surface area contributed by atoms with Crippen molar-refractivity contribution in [1.82, 2.24) is 19.8 Å². The number of hydrogen-bond acceptors (Lipinski definition) is 7. The zero-order valence-corrected chi connectivity index (χ0v) is 20.5. The van der Waals surface area contributed by atoms with Gasteiger partial charge < -0.3 is 20.9 Å². The van der Waals surface area contributed by atoms with Gasteiger partial charge in [-0.1, -0.05) is 24.6 Å². The fraction of sp³-hybridized carbons (Fsp3) is 0.542. The van der Waals surface area contributed by atoms with Crippen LogP contribution in [0.5, 0.6) is 0 Å². The third-order valence-corrected chi connectivity index (χ3v) is 7.12. The van der Waals surface area contributed by atoms with Gasteiger partial charge in [0.2, 0.25) is 0 Å². The van der Waals surface area contributed by atoms with Crippen LogP contribution >= 0.6 is 11.6 Å². The normalized spacial score (nSPS) is 18.5. The summed E-state index contributed by atoms with van der Waals surface area (Å²) < 4.78 is 0. The van der Waals surface area contributed by atoms with Gasteiger partial charge in [-0.05, 0) is 50.9 Å². The molecule has 3 N–H and O–H groups in total. The summed E-state index contributed by atoms with van der Waals surface area (Å²) >= 11 is 6.26. The van der Waals surface area contributed by atoms with Crippen molar-refractivity contribution < 1.29 is 4.79 Å². The number of primary amides is 1. The Labute approximate surface area is 201 Å². The summed E-state index contributed by atoms with van der Waals surface area (Å²) in [5.41, 5.74) is 9.46. The lowest BCUT2D eigenvalue weighted by molar-refractivity contribution is 0.0982. The van der Waals surface area contributed by atoms with E-state index in [9.17, 15) is 4.79 Å². The molecule has 8 nitrogen and oxygen atoms in total. The van der Waals surface area contributed by atoms with Crippen LogP contribution in [0.1, 0.15) is 41.5 Å². The number of nitrogens with one attached hydrogen (secondary N) is 1. The smallest absolute Gasteiger partial charge is 0.271 e. The van der Waals surface area contributed by atoms with E-state index in [1.54, 1.807) is 0 Å². The minimum Gasteiger partial charge on any atom is -0.371 e. The number of amides is 1. The van der Waals surface area contributed by atoms with Crippen molar-refractivity contribution in [2.75, 3.05) is 56.5 Å². The number of hydrogen-bond donors (Lipinski definition) is 2. The molecule has 2 aliphatic rings. The van der Waals surface area contributed by atoms with Crippen LogP contribution in [-0.4, -0.2) is 78.0 Å². The number of rotatable bonds is 6. The second-order valence-electron chi connectivity index (χ2n) is 9.06. The summed E-state index contributed by atoms with van der Waals surface area (Å²) in [6.07, 6.45) is 2.92. The summed E-state index contributed by atoms with van der Waals surface area (Å²) in [6, 6.07) is 6.84. The number of aromatic nitrogens is 2. The van der Waals surface area contributed by atoms with E-state index >= 15 is 0 Å². The number of piperazine rings is 1. The van der Waals surface area contributed by atoms with Crippen LogP contribution < -0.4 is 16.0 Å². The fourth-order valence-corrected chi connectivity index (χ4v) is 5.02. The molecule has 0 spiro atoms. The lowest BCUT2D eigenvalue weighted by Gasteiger charge is -2.43. The highest BCUT2D eigenvalue weighted by Gasteiger charge is 2.27. The van der Waals surface area contributed by atoms with E-state index in [0.29, 0.717) is 18.2 Å². The van der Waals surface area contributed by atoms with E-state index in [2.05, 4.69) is 56.1 Å². The van der Waals surface area contributed by atoms with Crippen molar-refractivity contribution in [2.45, 2.75) is 39.2 Å². The maximum Gasteiger partial charge on any atom is 0.271 e. The van der Waals surface area contributed by atoms with Gasteiger partial charge in [0, 0.05) is 56.7 Å². The first-order valence-corrected chi connectivity index (χ1v) is 12.1. The van der Waals surface area contributed by atoms with Gasteiger partial charge in [-0.25, -0.2) is 9.97 Å². The van der Waals surface area contributed by atoms with Crippen molar-refractivity contribution in [1.29, 1.82) is 0 Å². The molecule has 1 aromatic heterocycles. The van der Waals surface area contributed by atoms with E-state index in [-0.39, 0.29) is 16.7 Å². The highest BCUT2D eigenvalue weighted by molar-refractivity contribution is 6.30. The third kappa shape index (κ3) is 5.39. The standard InChI is InChI=1S/C24H34ClN7O/c1-4-19-22(25)29-24(21(28-19)23(26)33)27-17-6-5-16(2)20(15-17)32-9-7-18(8-10-32)31-13-11-30(3)12-14-31/h5-6,15,18H,4,7-14H2,1-3H3,(H2,26,33)(H,27,29). The molecule has 0 unspecified atom stereocenters. The molecule has 33 heavy (non-hydrogen) atoms. The number of halogens is 1. The van der Waals surface area contributed by atoms with Crippen LogP contribution in [0.3, 0.4) is 0 Å². The number of likely N-dealkylation sites (N-methyl/N-ethyl adjacent to an activating group) is 1. The molecule has 178 valence electrons. The molecular formula is C24H34ClN7O. The summed E-state index contributed by atoms with van der Waals surface area (Å²) in [7, 11) is 2.20. The Morgan fingerprint density at radius 3 is 2.48 bits per heavy atom. The molecule has 3 heterocycles. The summed E-state index contributed by atoms with van der Waals surface area (Å²) in [6.45, 7) is 10.8. The average molecular weight is 472 g/mol. The molecule has 9 heteroatoms. The largest absolute Gasteiger partial charge is 0.371 e. The van der Waals surface area contributed by atoms with Gasteiger partial charge in [0.15, 0.2) is 16.7 Å². The number of benzene rings is 1. The van der Waals surface area contributed by atoms with E-state index in [1.807, 2.05) is 13.0 Å². The van der Waals surface area contributed by atoms with Gasteiger partial charge in [-0.2, -0.15) is 0 Å². The van der Waals surface area contributed by atoms with Gasteiger partial charge in [0.1, 0.15) is 0 Å². The van der Waals surface area contributed by atoms with Crippen LogP contribution in [0.15, 0.2) is 18.2 Å². The maximum atomic E-state index is 12.0. The molecule has 2 fully saturated rings. The highest BCUT2D eigenvalue weighted by atomic mass is 35.5. The van der Waals surface area contributed by atoms with Crippen molar-refractivity contribution >= 4 is 34.7 Å². The molecule has 0 atom stereocenters. The lowest BCUT2D eigenvalue weighted by atomic mass is 10.0. The number of aryl methyl sites for hydroxylation is 2. The molecular weight excluding hydrogens is 438 g/mol. The molecule has 2 saturated heterocycles. The number of anilines is 3. The van der Waals surface area contributed by atoms with Gasteiger partial charge in [0.05, 0.1) is 5.69 Å². The van der Waals surface area contributed by atoms with Crippen molar-refractivity contribution in [3.63, 3.8) is 0 Å². The summed E-state index contributed by atoms with van der Waals surface area (Å²) in [5, 5.41) is 3.50. The molecule has 0 bridgehead atoms. The number of nitrogens with zero attached hydrogens (tertiary/aromatic N) is 5. The van der Waals surface area contributed by atoms with E-state index < -0.39 is 5.91 Å². The Bertz CT molecular complexity index is 999. The van der Waals surface area contributed by atoms with E-state index in [4.69, 9.17) is 17.3 Å². The van der Waals surface area contributed by atoms with Crippen LogP contribution in [0.25, 0.3) is 0 Å². The molecule has 4 rings (SSSR count). The first-order chi connectivity index (χ1) is 15.9. The lowest BCUT2D eigenvalue weighted by Crippen LogP contribution is -2.52. The Hall–Kier alpha value is -2.42. The molecule has 2 aromatic rings. The number of carbonyl (C=O) groups is 1. The molecule has 0 saturated carbocycles. The van der Waals surface area contributed by atoms with E-state index in [1.165, 1.54) is 37.2 Å². The van der Waals surface area contributed by atoms with Crippen LogP contribution in [0.2, 0.25) is 5.15 Å². The van der Waals surface area contributed by atoms with Crippen LogP contribution in [0.4, 0.5) is 17.2 Å². The Morgan fingerprint density at radius 2 is 1.85 bits per heavy atom. The first kappa shape index (κ1) is 23.7. The topological polar surface area (TPSA) is 90.6 Å². The third-order valence-electron chi connectivity index (χ3n) is 6.82. The Balaban J connectivity index is 1.48. The fourth-order valence-electron chi connectivity index (χ4n) is 4.76. The van der Waals surface area contributed by atoms with Gasteiger partial charge in [0.25, 0.3) is 5.91 Å². The number of piperidine rings is 1. The first-order valence-electron chi connectivity index (χ1n) is 11.8. The monoisotopic (exact) mass is 471 g/mol. The summed E-state index contributed by atoms with van der Waals surface area (Å²) in [5.74, 6) is -0.344. The zero-order chi connectivity index (χ0) is 23.5. The highest BCUT2D eigenvalue weighted by Crippen LogP contribution is 2.30. The minimum atomic E-state index is -0.630. The predicted molar refractivity (Wildman–Crippen MR) is 134 cm³/mol. The molecule has 1 amide bonds. The van der Waals surface area contributed by atoms with Gasteiger partial charge in [-0.3, -0.25) is 9.69 Å². The van der Waals surface area contributed by atoms with Crippen molar-refractivity contribution in [3.05, 3.63) is 40.3 Å². The average Bonchev–Trinajstić information content (AvgIpc) is 2.81. The Morgan fingerprint density at radius 1 is 1.15 bits per heavy atom. The number of nitrogens with two attached hydrogens (primary N) is 1. The van der Waals surface area contributed by atoms with Gasteiger partial charge >= 0.3 is 0 Å². The SMILES string of the molecule is CCc1nc(C(N)=O)c(Nc2ccc(C)c(N3CCC(N4CCN(C)CC4)CC3)c2)nc1Cl. The van der Waals surface area contributed by atoms with Crippen LogP contribution in [0, 0.1) is 6.92 Å². The predicted octanol–water partition coefficient (Wildman–Crippen LogP) is 3.06. The summed E-state index contributed by atoms with van der Waals surface area (Å²) in [4.78, 5) is 28.2. The number of carbonyl (C=O) groups excluding carboxylic acids is 1. The second kappa shape index (κ2) is 10.2. The van der Waals surface area contributed by atoms with Crippen molar-refractivity contribution in [3.8, 4) is 0 Å². The van der Waals surface area contributed by atoms with Crippen molar-refractivity contribution in [2.24, 2.45) is 5.73 Å². The molecule has 1 aromatic carbocycles. The Kier molecular flexibility index (Phi) is 7.36. The molecule has 0 radical (unpaired) electrons. The van der Waals surface area contributed by atoms with Crippen LogP contribution in [-0.2, 0) is 6.42 Å². The maximum absolute atomic E-state index is 12.0. The molecule has 2 aliphatic heterocycles. The van der Waals surface area contributed by atoms with Gasteiger partial charge in [-0.15, -0.1) is 0 Å². The molecule has 0 aliphatic carbocycles. The minimum absolute atomic E-state index is 0.103. The zero-order valence-electron chi connectivity index (χ0n) is 19.8. The second-order valence-corrected chi connectivity index (χ2v) is 9.42. The van der Waals surface area contributed by atoms with E-state index in [0.717, 1.165) is 31.9 Å². The quantitative estimate of drug-likeness (QED) is 0.669.